The SMILES string of the molecule is CCN(CC)C(CNC(=O)Cc1csc(-c2ccsc2)n1)c1cccc(OC)c1. The lowest BCUT2D eigenvalue weighted by atomic mass is 10.0. The molecule has 1 atom stereocenters. The molecule has 1 amide bonds. The van der Waals surface area contributed by atoms with Crippen molar-refractivity contribution < 1.29 is 9.53 Å². The highest BCUT2D eigenvalue weighted by Gasteiger charge is 2.20. The molecule has 0 aliphatic rings. The number of nitrogens with one attached hydrogen (secondary N) is 1. The van der Waals surface area contributed by atoms with E-state index in [-0.39, 0.29) is 11.9 Å². The van der Waals surface area contributed by atoms with Gasteiger partial charge in [0.25, 0.3) is 0 Å². The molecule has 0 saturated carbocycles. The molecule has 0 bridgehead atoms. The second-order valence-electron chi connectivity index (χ2n) is 6.65. The van der Waals surface area contributed by atoms with Crippen molar-refractivity contribution in [2.45, 2.75) is 26.3 Å². The molecule has 154 valence electrons. The normalized spacial score (nSPS) is 12.1. The predicted molar refractivity (Wildman–Crippen MR) is 121 cm³/mol. The van der Waals surface area contributed by atoms with Gasteiger partial charge in [0.1, 0.15) is 10.8 Å². The van der Waals surface area contributed by atoms with Gasteiger partial charge in [0.2, 0.25) is 5.91 Å². The van der Waals surface area contributed by atoms with E-state index in [1.165, 1.54) is 0 Å². The molecule has 7 heteroatoms. The highest BCUT2D eigenvalue weighted by Crippen LogP contribution is 2.26. The van der Waals surface area contributed by atoms with Crippen LogP contribution in [0.1, 0.15) is 31.1 Å². The van der Waals surface area contributed by atoms with Gasteiger partial charge in [-0.3, -0.25) is 9.69 Å². The number of carbonyl (C=O) groups excluding carboxylic acids is 1. The van der Waals surface area contributed by atoms with Gasteiger partial charge in [0.05, 0.1) is 25.3 Å². The summed E-state index contributed by atoms with van der Waals surface area (Å²) in [5.74, 6) is 0.821. The molecular weight excluding hydrogens is 402 g/mol. The number of aromatic nitrogens is 1. The zero-order valence-corrected chi connectivity index (χ0v) is 18.7. The first-order valence-electron chi connectivity index (χ1n) is 9.76. The van der Waals surface area contributed by atoms with Crippen molar-refractivity contribution in [3.8, 4) is 16.3 Å². The Morgan fingerprint density at radius 1 is 1.24 bits per heavy atom. The van der Waals surface area contributed by atoms with Crippen LogP contribution in [-0.4, -0.2) is 42.5 Å². The lowest BCUT2D eigenvalue weighted by Gasteiger charge is -2.30. The number of methoxy groups -OCH3 is 1. The lowest BCUT2D eigenvalue weighted by molar-refractivity contribution is -0.120. The monoisotopic (exact) mass is 429 g/mol. The fourth-order valence-corrected chi connectivity index (χ4v) is 4.85. The Kier molecular flexibility index (Phi) is 7.80. The lowest BCUT2D eigenvalue weighted by Crippen LogP contribution is -2.38. The standard InChI is InChI=1S/C22H27N3O2S2/c1-4-25(5-2)20(16-7-6-8-19(11-16)27-3)13-23-21(26)12-18-15-29-22(24-18)17-9-10-28-14-17/h6-11,14-15,20H,4-5,12-13H2,1-3H3,(H,23,26). The Hall–Kier alpha value is -2.22. The van der Waals surface area contributed by atoms with Crippen molar-refractivity contribution in [1.29, 1.82) is 0 Å². The van der Waals surface area contributed by atoms with Gasteiger partial charge < -0.3 is 10.1 Å². The maximum absolute atomic E-state index is 12.6. The first kappa shape index (κ1) is 21.5. The zero-order valence-electron chi connectivity index (χ0n) is 17.1. The Balaban J connectivity index is 1.64. The van der Waals surface area contributed by atoms with Gasteiger partial charge in [-0.25, -0.2) is 4.98 Å². The number of rotatable bonds is 10. The molecule has 0 spiro atoms. The zero-order chi connectivity index (χ0) is 20.6. The van der Waals surface area contributed by atoms with Gasteiger partial charge in [-0.2, -0.15) is 11.3 Å². The van der Waals surface area contributed by atoms with Gasteiger partial charge in [-0.05, 0) is 42.2 Å². The van der Waals surface area contributed by atoms with Crippen LogP contribution in [0.5, 0.6) is 5.75 Å². The molecule has 0 radical (unpaired) electrons. The fourth-order valence-electron chi connectivity index (χ4n) is 3.32. The van der Waals surface area contributed by atoms with Crippen LogP contribution in [-0.2, 0) is 11.2 Å². The highest BCUT2D eigenvalue weighted by molar-refractivity contribution is 7.14. The Bertz CT molecular complexity index is 904. The van der Waals surface area contributed by atoms with E-state index in [0.29, 0.717) is 13.0 Å². The molecule has 2 heterocycles. The smallest absolute Gasteiger partial charge is 0.226 e. The van der Waals surface area contributed by atoms with Crippen LogP contribution in [0.2, 0.25) is 0 Å². The van der Waals surface area contributed by atoms with Crippen molar-refractivity contribution in [2.75, 3.05) is 26.7 Å². The number of nitrogens with zero attached hydrogens (tertiary/aromatic N) is 2. The summed E-state index contributed by atoms with van der Waals surface area (Å²) in [6, 6.07) is 10.2. The van der Waals surface area contributed by atoms with E-state index in [4.69, 9.17) is 4.74 Å². The number of hydrogen-bond acceptors (Lipinski definition) is 6. The summed E-state index contributed by atoms with van der Waals surface area (Å²) >= 11 is 3.23. The second kappa shape index (κ2) is 10.5. The quantitative estimate of drug-likeness (QED) is 0.511. The summed E-state index contributed by atoms with van der Waals surface area (Å²) in [4.78, 5) is 19.5. The van der Waals surface area contributed by atoms with Crippen LogP contribution in [0.25, 0.3) is 10.6 Å². The molecule has 5 nitrogen and oxygen atoms in total. The number of thiophene rings is 1. The number of benzene rings is 1. The van der Waals surface area contributed by atoms with Gasteiger partial charge in [-0.1, -0.05) is 26.0 Å². The summed E-state index contributed by atoms with van der Waals surface area (Å²) in [6.07, 6.45) is 0.295. The second-order valence-corrected chi connectivity index (χ2v) is 8.29. The van der Waals surface area contributed by atoms with Crippen LogP contribution in [0.3, 0.4) is 0 Å². The van der Waals surface area contributed by atoms with Gasteiger partial charge >= 0.3 is 0 Å². The van der Waals surface area contributed by atoms with E-state index in [1.54, 1.807) is 29.8 Å². The van der Waals surface area contributed by atoms with Crippen LogP contribution in [0, 0.1) is 0 Å². The summed E-state index contributed by atoms with van der Waals surface area (Å²) < 4.78 is 5.38. The van der Waals surface area contributed by atoms with Crippen LogP contribution in [0.4, 0.5) is 0 Å². The average Bonchev–Trinajstić information content (AvgIpc) is 3.43. The summed E-state index contributed by atoms with van der Waals surface area (Å²) in [7, 11) is 1.67. The van der Waals surface area contributed by atoms with Gasteiger partial charge in [0.15, 0.2) is 0 Å². The van der Waals surface area contributed by atoms with E-state index in [2.05, 4.69) is 46.6 Å². The maximum Gasteiger partial charge on any atom is 0.226 e. The highest BCUT2D eigenvalue weighted by atomic mass is 32.1. The first-order chi connectivity index (χ1) is 14.1. The number of likely N-dealkylation sites (N-methyl/N-ethyl adjacent to an activating group) is 1. The van der Waals surface area contributed by atoms with E-state index in [1.807, 2.05) is 29.0 Å². The molecule has 1 N–H and O–H groups in total. The Labute approximate surface area is 180 Å². The van der Waals surface area contributed by atoms with Crippen molar-refractivity contribution in [2.24, 2.45) is 0 Å². The molecular formula is C22H27N3O2S2. The summed E-state index contributed by atoms with van der Waals surface area (Å²) in [5.41, 5.74) is 3.07. The van der Waals surface area contributed by atoms with Crippen molar-refractivity contribution in [3.63, 3.8) is 0 Å². The molecule has 1 unspecified atom stereocenters. The third-order valence-electron chi connectivity index (χ3n) is 4.89. The molecule has 3 rings (SSSR count). The van der Waals surface area contributed by atoms with E-state index >= 15 is 0 Å². The van der Waals surface area contributed by atoms with Crippen molar-refractivity contribution >= 4 is 28.6 Å². The van der Waals surface area contributed by atoms with Crippen molar-refractivity contribution in [3.05, 3.63) is 57.7 Å². The fraction of sp³-hybridized carbons (Fsp3) is 0.364. The topological polar surface area (TPSA) is 54.5 Å². The predicted octanol–water partition coefficient (Wildman–Crippen LogP) is 4.62. The minimum absolute atomic E-state index is 0.00720. The summed E-state index contributed by atoms with van der Waals surface area (Å²) in [5, 5.41) is 10.2. The van der Waals surface area contributed by atoms with Gasteiger partial charge in [-0.15, -0.1) is 11.3 Å². The van der Waals surface area contributed by atoms with E-state index in [0.717, 1.165) is 40.7 Å². The van der Waals surface area contributed by atoms with Crippen molar-refractivity contribution in [1.82, 2.24) is 15.2 Å². The molecule has 0 aliphatic heterocycles. The Morgan fingerprint density at radius 2 is 2.07 bits per heavy atom. The number of hydrogen-bond donors (Lipinski definition) is 1. The largest absolute Gasteiger partial charge is 0.497 e. The molecule has 0 saturated heterocycles. The number of amides is 1. The molecule has 2 aromatic heterocycles. The molecule has 29 heavy (non-hydrogen) atoms. The molecule has 0 aliphatic carbocycles. The van der Waals surface area contributed by atoms with Gasteiger partial charge in [0, 0.05) is 22.9 Å². The average molecular weight is 430 g/mol. The van der Waals surface area contributed by atoms with E-state index < -0.39 is 0 Å². The number of ether oxygens (including phenoxy) is 1. The van der Waals surface area contributed by atoms with Crippen LogP contribution < -0.4 is 10.1 Å². The number of carbonyl (C=O) groups is 1. The maximum atomic E-state index is 12.6. The first-order valence-corrected chi connectivity index (χ1v) is 11.6. The molecule has 0 fully saturated rings. The third-order valence-corrected chi connectivity index (χ3v) is 6.51. The van der Waals surface area contributed by atoms with Crippen LogP contribution in [0.15, 0.2) is 46.5 Å². The third kappa shape index (κ3) is 5.65. The minimum Gasteiger partial charge on any atom is -0.497 e. The minimum atomic E-state index is -0.00720. The van der Waals surface area contributed by atoms with E-state index in [9.17, 15) is 4.79 Å². The Morgan fingerprint density at radius 3 is 2.76 bits per heavy atom. The molecule has 1 aromatic carbocycles. The number of thiazole rings is 1. The van der Waals surface area contributed by atoms with Crippen LogP contribution >= 0.6 is 22.7 Å². The summed E-state index contributed by atoms with van der Waals surface area (Å²) in [6.45, 7) is 6.64. The molecule has 3 aromatic rings.